The Morgan fingerprint density at radius 1 is 0.963 bits per heavy atom. The molecule has 1 amide bonds. The van der Waals surface area contributed by atoms with Gasteiger partial charge in [-0.05, 0) is 41.0 Å². The average Bonchev–Trinajstić information content (AvgIpc) is 2.74. The van der Waals surface area contributed by atoms with Crippen LogP contribution in [0.2, 0.25) is 0 Å². The monoisotopic (exact) mass is 360 g/mol. The molecule has 0 bridgehead atoms. The van der Waals surface area contributed by atoms with Gasteiger partial charge in [0.25, 0.3) is 5.91 Å². The lowest BCUT2D eigenvalue weighted by Gasteiger charge is -2.08. The van der Waals surface area contributed by atoms with Gasteiger partial charge in [-0.15, -0.1) is 0 Å². The van der Waals surface area contributed by atoms with Gasteiger partial charge in [-0.2, -0.15) is 5.10 Å². The van der Waals surface area contributed by atoms with Gasteiger partial charge in [0.05, 0.1) is 6.21 Å². The minimum atomic E-state index is -1.25. The Kier molecular flexibility index (Phi) is 6.33. The van der Waals surface area contributed by atoms with Crippen LogP contribution < -0.4 is 10.2 Å². The van der Waals surface area contributed by atoms with E-state index in [-0.39, 0.29) is 0 Å². The van der Waals surface area contributed by atoms with Crippen molar-refractivity contribution >= 4 is 12.1 Å². The lowest BCUT2D eigenvalue weighted by molar-refractivity contribution is -0.129. The van der Waals surface area contributed by atoms with Gasteiger partial charge in [-0.25, -0.2) is 5.43 Å². The van der Waals surface area contributed by atoms with E-state index >= 15 is 0 Å². The number of nitrogens with one attached hydrogen (secondary N) is 1. The maximum atomic E-state index is 11.9. The van der Waals surface area contributed by atoms with Gasteiger partial charge in [0.2, 0.25) is 0 Å². The van der Waals surface area contributed by atoms with Crippen molar-refractivity contribution in [1.82, 2.24) is 5.43 Å². The molecule has 0 saturated carbocycles. The zero-order chi connectivity index (χ0) is 18.9. The Labute approximate surface area is 157 Å². The standard InChI is InChI=1S/C22H20N2O3/c25-21(19-9-5-2-6-10-19)22(26)24-23-15-17-11-13-20(14-12-17)27-16-18-7-3-1-4-8-18/h1-15,21,25H,16H2,(H,24,26). The molecule has 1 atom stereocenters. The number of rotatable bonds is 7. The Morgan fingerprint density at radius 2 is 1.59 bits per heavy atom. The molecule has 3 rings (SSSR count). The van der Waals surface area contributed by atoms with Crippen LogP contribution in [-0.2, 0) is 11.4 Å². The van der Waals surface area contributed by atoms with Crippen LogP contribution in [0, 0.1) is 0 Å². The molecule has 2 N–H and O–H groups in total. The van der Waals surface area contributed by atoms with E-state index in [2.05, 4.69) is 10.5 Å². The summed E-state index contributed by atoms with van der Waals surface area (Å²) >= 11 is 0. The SMILES string of the molecule is O=C(NN=Cc1ccc(OCc2ccccc2)cc1)C(O)c1ccccc1. The third-order valence-electron chi connectivity index (χ3n) is 3.88. The lowest BCUT2D eigenvalue weighted by atomic mass is 10.1. The first-order valence-corrected chi connectivity index (χ1v) is 8.55. The number of nitrogens with zero attached hydrogens (tertiary/aromatic N) is 1. The number of carbonyl (C=O) groups excluding carboxylic acids is 1. The highest BCUT2D eigenvalue weighted by Crippen LogP contribution is 2.14. The van der Waals surface area contributed by atoms with Crippen molar-refractivity contribution < 1.29 is 14.6 Å². The Balaban J connectivity index is 1.49. The molecule has 1 unspecified atom stereocenters. The fraction of sp³-hybridized carbons (Fsp3) is 0.0909. The molecule has 0 aliphatic carbocycles. The van der Waals surface area contributed by atoms with Gasteiger partial charge in [-0.1, -0.05) is 60.7 Å². The smallest absolute Gasteiger partial charge is 0.273 e. The molecule has 27 heavy (non-hydrogen) atoms. The van der Waals surface area contributed by atoms with Gasteiger partial charge in [0, 0.05) is 0 Å². The minimum Gasteiger partial charge on any atom is -0.489 e. The van der Waals surface area contributed by atoms with Gasteiger partial charge < -0.3 is 9.84 Å². The molecule has 5 heteroatoms. The molecule has 5 nitrogen and oxygen atoms in total. The number of aliphatic hydroxyl groups is 1. The number of ether oxygens (including phenoxy) is 1. The Bertz CT molecular complexity index is 878. The van der Waals surface area contributed by atoms with Crippen LogP contribution in [0.1, 0.15) is 22.8 Å². The first kappa shape index (κ1) is 18.4. The third-order valence-corrected chi connectivity index (χ3v) is 3.88. The number of amides is 1. The number of benzene rings is 3. The number of carbonyl (C=O) groups is 1. The Morgan fingerprint density at radius 3 is 2.26 bits per heavy atom. The van der Waals surface area contributed by atoms with E-state index < -0.39 is 12.0 Å². The van der Waals surface area contributed by atoms with Crippen LogP contribution in [0.4, 0.5) is 0 Å². The zero-order valence-electron chi connectivity index (χ0n) is 14.7. The van der Waals surface area contributed by atoms with E-state index in [4.69, 9.17) is 4.74 Å². The summed E-state index contributed by atoms with van der Waals surface area (Å²) in [5.41, 5.74) is 4.76. The largest absolute Gasteiger partial charge is 0.489 e. The molecular formula is C22H20N2O3. The summed E-state index contributed by atoms with van der Waals surface area (Å²) in [4.78, 5) is 11.9. The second kappa shape index (κ2) is 9.31. The molecule has 0 heterocycles. The second-order valence-corrected chi connectivity index (χ2v) is 5.89. The van der Waals surface area contributed by atoms with E-state index in [0.717, 1.165) is 16.9 Å². The van der Waals surface area contributed by atoms with E-state index in [1.54, 1.807) is 24.3 Å². The fourth-order valence-corrected chi connectivity index (χ4v) is 2.41. The van der Waals surface area contributed by atoms with Crippen LogP contribution in [0.15, 0.2) is 90.0 Å². The van der Waals surface area contributed by atoms with Crippen LogP contribution in [-0.4, -0.2) is 17.2 Å². The molecule has 0 fully saturated rings. The molecule has 0 spiro atoms. The highest BCUT2D eigenvalue weighted by molar-refractivity contribution is 5.85. The van der Waals surface area contributed by atoms with E-state index in [1.807, 2.05) is 60.7 Å². The summed E-state index contributed by atoms with van der Waals surface area (Å²) in [6, 6.07) is 26.0. The second-order valence-electron chi connectivity index (χ2n) is 5.89. The molecular weight excluding hydrogens is 340 g/mol. The molecule has 0 aliphatic heterocycles. The van der Waals surface area contributed by atoms with Crippen LogP contribution in [0.5, 0.6) is 5.75 Å². The third kappa shape index (κ3) is 5.52. The average molecular weight is 360 g/mol. The summed E-state index contributed by atoms with van der Waals surface area (Å²) in [6.45, 7) is 0.502. The first-order valence-electron chi connectivity index (χ1n) is 8.55. The van der Waals surface area contributed by atoms with Crippen molar-refractivity contribution in [2.75, 3.05) is 0 Å². The molecule has 0 radical (unpaired) electrons. The molecule has 3 aromatic rings. The van der Waals surface area contributed by atoms with Crippen LogP contribution >= 0.6 is 0 Å². The predicted molar refractivity (Wildman–Crippen MR) is 104 cm³/mol. The number of hydrogen-bond donors (Lipinski definition) is 2. The van der Waals surface area contributed by atoms with Crippen LogP contribution in [0.25, 0.3) is 0 Å². The normalized spacial score (nSPS) is 11.9. The van der Waals surface area contributed by atoms with Crippen molar-refractivity contribution in [3.05, 3.63) is 102 Å². The van der Waals surface area contributed by atoms with Crippen molar-refractivity contribution in [2.24, 2.45) is 5.10 Å². The lowest BCUT2D eigenvalue weighted by Crippen LogP contribution is -2.25. The first-order chi connectivity index (χ1) is 13.2. The highest BCUT2D eigenvalue weighted by atomic mass is 16.5. The van der Waals surface area contributed by atoms with E-state index in [0.29, 0.717) is 12.2 Å². The topological polar surface area (TPSA) is 70.9 Å². The summed E-state index contributed by atoms with van der Waals surface area (Å²) in [7, 11) is 0. The van der Waals surface area contributed by atoms with Gasteiger partial charge in [0.15, 0.2) is 6.10 Å². The fourth-order valence-electron chi connectivity index (χ4n) is 2.41. The maximum Gasteiger partial charge on any atom is 0.273 e. The molecule has 136 valence electrons. The quantitative estimate of drug-likeness (QED) is 0.501. The maximum absolute atomic E-state index is 11.9. The van der Waals surface area contributed by atoms with Crippen LogP contribution in [0.3, 0.4) is 0 Å². The molecule has 3 aromatic carbocycles. The van der Waals surface area contributed by atoms with Gasteiger partial charge in [0.1, 0.15) is 12.4 Å². The van der Waals surface area contributed by atoms with Crippen molar-refractivity contribution in [1.29, 1.82) is 0 Å². The van der Waals surface area contributed by atoms with E-state index in [9.17, 15) is 9.90 Å². The number of aliphatic hydroxyl groups excluding tert-OH is 1. The highest BCUT2D eigenvalue weighted by Gasteiger charge is 2.15. The van der Waals surface area contributed by atoms with Gasteiger partial charge >= 0.3 is 0 Å². The summed E-state index contributed by atoms with van der Waals surface area (Å²) in [6.07, 6.45) is 0.258. The summed E-state index contributed by atoms with van der Waals surface area (Å²) in [5.74, 6) is 0.166. The summed E-state index contributed by atoms with van der Waals surface area (Å²) in [5, 5.41) is 13.9. The van der Waals surface area contributed by atoms with E-state index in [1.165, 1.54) is 6.21 Å². The summed E-state index contributed by atoms with van der Waals surface area (Å²) < 4.78 is 5.72. The number of hydrogen-bond acceptors (Lipinski definition) is 4. The number of hydrazone groups is 1. The van der Waals surface area contributed by atoms with Crippen molar-refractivity contribution in [3.8, 4) is 5.75 Å². The zero-order valence-corrected chi connectivity index (χ0v) is 14.7. The van der Waals surface area contributed by atoms with Crippen molar-refractivity contribution in [3.63, 3.8) is 0 Å². The molecule has 0 aliphatic rings. The van der Waals surface area contributed by atoms with Gasteiger partial charge in [-0.3, -0.25) is 4.79 Å². The predicted octanol–water partition coefficient (Wildman–Crippen LogP) is 3.45. The Hall–Kier alpha value is -3.44. The molecule has 0 saturated heterocycles. The van der Waals surface area contributed by atoms with Crippen molar-refractivity contribution in [2.45, 2.75) is 12.7 Å². The molecule has 0 aromatic heterocycles. The minimum absolute atomic E-state index is 0.502.